The molecular weight excluding hydrogens is 358 g/mol. The van der Waals surface area contributed by atoms with Crippen LogP contribution in [0, 0.1) is 28.1 Å². The number of esters is 1. The van der Waals surface area contributed by atoms with Crippen molar-refractivity contribution >= 4 is 5.97 Å². The van der Waals surface area contributed by atoms with E-state index in [-0.39, 0.29) is 16.8 Å². The Kier molecular flexibility index (Phi) is 5.85. The maximum atomic E-state index is 13.5. The van der Waals surface area contributed by atoms with Gasteiger partial charge in [-0.1, -0.05) is 81.4 Å². The van der Waals surface area contributed by atoms with Gasteiger partial charge in [-0.25, -0.2) is 0 Å². The van der Waals surface area contributed by atoms with Gasteiger partial charge < -0.3 is 4.74 Å². The molecule has 0 saturated heterocycles. The predicted molar refractivity (Wildman–Crippen MR) is 115 cm³/mol. The van der Waals surface area contributed by atoms with E-state index in [1.807, 2.05) is 60.7 Å². The molecule has 2 unspecified atom stereocenters. The number of benzene rings is 2. The molecule has 29 heavy (non-hydrogen) atoms. The van der Waals surface area contributed by atoms with Crippen molar-refractivity contribution in [2.45, 2.75) is 51.9 Å². The summed E-state index contributed by atoms with van der Waals surface area (Å²) in [6.45, 7) is 6.81. The SMILES string of the molecule is COC(=O)C(CC1(C)CCC(CC#N)C1(C)C)(c1ccccc1)c1ccccc1. The summed E-state index contributed by atoms with van der Waals surface area (Å²) in [4.78, 5) is 13.5. The lowest BCUT2D eigenvalue weighted by molar-refractivity contribution is -0.148. The summed E-state index contributed by atoms with van der Waals surface area (Å²) in [5, 5.41) is 9.32. The Morgan fingerprint density at radius 3 is 2.03 bits per heavy atom. The summed E-state index contributed by atoms with van der Waals surface area (Å²) >= 11 is 0. The van der Waals surface area contributed by atoms with Crippen molar-refractivity contribution in [3.8, 4) is 6.07 Å². The third-order valence-electron chi connectivity index (χ3n) is 7.68. The maximum absolute atomic E-state index is 13.5. The minimum absolute atomic E-state index is 0.0639. The summed E-state index contributed by atoms with van der Waals surface area (Å²) in [5.74, 6) is 0.107. The van der Waals surface area contributed by atoms with Crippen LogP contribution < -0.4 is 0 Å². The molecule has 1 fully saturated rings. The Bertz CT molecular complexity index is 842. The number of carbonyl (C=O) groups is 1. The summed E-state index contributed by atoms with van der Waals surface area (Å²) < 4.78 is 5.43. The maximum Gasteiger partial charge on any atom is 0.320 e. The van der Waals surface area contributed by atoms with Crippen LogP contribution in [0.15, 0.2) is 60.7 Å². The third kappa shape index (κ3) is 3.46. The first-order chi connectivity index (χ1) is 13.8. The van der Waals surface area contributed by atoms with Crippen molar-refractivity contribution in [1.29, 1.82) is 5.26 Å². The van der Waals surface area contributed by atoms with Crippen LogP contribution in [0.25, 0.3) is 0 Å². The van der Waals surface area contributed by atoms with Gasteiger partial charge in [0.25, 0.3) is 0 Å². The van der Waals surface area contributed by atoms with Crippen molar-refractivity contribution in [3.05, 3.63) is 71.8 Å². The van der Waals surface area contributed by atoms with Crippen LogP contribution in [-0.2, 0) is 14.9 Å². The van der Waals surface area contributed by atoms with E-state index in [1.165, 1.54) is 7.11 Å². The molecule has 152 valence electrons. The van der Waals surface area contributed by atoms with Crippen LogP contribution in [-0.4, -0.2) is 13.1 Å². The molecule has 0 aromatic heterocycles. The Balaban J connectivity index is 2.19. The lowest BCUT2D eigenvalue weighted by Crippen LogP contribution is -2.46. The van der Waals surface area contributed by atoms with E-state index in [0.29, 0.717) is 18.8 Å². The van der Waals surface area contributed by atoms with Gasteiger partial charge in [0, 0.05) is 6.42 Å². The van der Waals surface area contributed by atoms with Crippen LogP contribution in [0.1, 0.15) is 57.6 Å². The Morgan fingerprint density at radius 2 is 1.59 bits per heavy atom. The van der Waals surface area contributed by atoms with Gasteiger partial charge >= 0.3 is 5.97 Å². The number of rotatable bonds is 6. The number of methoxy groups -OCH3 is 1. The zero-order chi connectivity index (χ0) is 21.1. The molecule has 3 heteroatoms. The lowest BCUT2D eigenvalue weighted by Gasteiger charge is -2.47. The molecule has 2 atom stereocenters. The van der Waals surface area contributed by atoms with E-state index in [9.17, 15) is 10.1 Å². The van der Waals surface area contributed by atoms with Crippen molar-refractivity contribution < 1.29 is 9.53 Å². The van der Waals surface area contributed by atoms with Crippen molar-refractivity contribution in [3.63, 3.8) is 0 Å². The van der Waals surface area contributed by atoms with Crippen molar-refractivity contribution in [1.82, 2.24) is 0 Å². The molecule has 1 saturated carbocycles. The lowest BCUT2D eigenvalue weighted by atomic mass is 9.56. The average molecular weight is 390 g/mol. The molecule has 0 N–H and O–H groups in total. The fourth-order valence-corrected chi connectivity index (χ4v) is 5.34. The highest BCUT2D eigenvalue weighted by molar-refractivity contribution is 5.87. The van der Waals surface area contributed by atoms with Crippen molar-refractivity contribution in [2.75, 3.05) is 7.11 Å². The standard InChI is InChI=1S/C26H31NO2/c1-24(2)20(16-18-27)15-17-25(24,3)19-26(23(28)29-4,21-11-7-5-8-12-21)22-13-9-6-10-14-22/h5-14,20H,15-17,19H2,1-4H3. The number of hydrogen-bond acceptors (Lipinski definition) is 3. The second-order valence-corrected chi connectivity index (χ2v) is 9.19. The fourth-order valence-electron chi connectivity index (χ4n) is 5.34. The smallest absolute Gasteiger partial charge is 0.320 e. The van der Waals surface area contributed by atoms with Crippen LogP contribution in [0.3, 0.4) is 0 Å². The largest absolute Gasteiger partial charge is 0.468 e. The Morgan fingerprint density at radius 1 is 1.07 bits per heavy atom. The topological polar surface area (TPSA) is 50.1 Å². The van der Waals surface area contributed by atoms with Gasteiger partial charge in [0.2, 0.25) is 0 Å². The molecule has 3 nitrogen and oxygen atoms in total. The van der Waals surface area contributed by atoms with E-state index >= 15 is 0 Å². The molecule has 0 heterocycles. The van der Waals surface area contributed by atoms with Crippen LogP contribution in [0.2, 0.25) is 0 Å². The predicted octanol–water partition coefficient (Wildman–Crippen LogP) is 5.89. The van der Waals surface area contributed by atoms with E-state index in [0.717, 1.165) is 24.0 Å². The molecular formula is C26H31NO2. The summed E-state index contributed by atoms with van der Waals surface area (Å²) in [5.41, 5.74) is 0.850. The Labute approximate surface area is 174 Å². The number of hydrogen-bond donors (Lipinski definition) is 0. The molecule has 0 amide bonds. The second kappa shape index (κ2) is 8.03. The molecule has 1 aliphatic carbocycles. The fraction of sp³-hybridized carbons (Fsp3) is 0.462. The first kappa shape index (κ1) is 21.1. The zero-order valence-electron chi connectivity index (χ0n) is 17.9. The van der Waals surface area contributed by atoms with Gasteiger partial charge in [-0.3, -0.25) is 4.79 Å². The third-order valence-corrected chi connectivity index (χ3v) is 7.68. The number of ether oxygens (including phenoxy) is 1. The highest BCUT2D eigenvalue weighted by Crippen LogP contribution is 2.62. The number of nitriles is 1. The summed E-state index contributed by atoms with van der Waals surface area (Å²) in [7, 11) is 1.48. The molecule has 2 aromatic rings. The number of carbonyl (C=O) groups excluding carboxylic acids is 1. The van der Waals surface area contributed by atoms with Crippen LogP contribution in [0.5, 0.6) is 0 Å². The van der Waals surface area contributed by atoms with Gasteiger partial charge in [-0.2, -0.15) is 5.26 Å². The van der Waals surface area contributed by atoms with Crippen LogP contribution >= 0.6 is 0 Å². The summed E-state index contributed by atoms with van der Waals surface area (Å²) in [6, 6.07) is 22.4. The molecule has 0 spiro atoms. The van der Waals surface area contributed by atoms with Gasteiger partial charge in [0.1, 0.15) is 5.41 Å². The Hall–Kier alpha value is -2.60. The average Bonchev–Trinajstić information content (AvgIpc) is 2.96. The second-order valence-electron chi connectivity index (χ2n) is 9.19. The minimum atomic E-state index is -0.884. The van der Waals surface area contributed by atoms with E-state index in [1.54, 1.807) is 0 Å². The van der Waals surface area contributed by atoms with Gasteiger partial charge in [0.15, 0.2) is 0 Å². The quantitative estimate of drug-likeness (QED) is 0.579. The highest BCUT2D eigenvalue weighted by atomic mass is 16.5. The molecule has 0 bridgehead atoms. The highest BCUT2D eigenvalue weighted by Gasteiger charge is 2.57. The first-order valence-electron chi connectivity index (χ1n) is 10.4. The molecule has 0 radical (unpaired) electrons. The normalized spacial score (nSPS) is 23.3. The van der Waals surface area contributed by atoms with Gasteiger partial charge in [-0.15, -0.1) is 0 Å². The van der Waals surface area contributed by atoms with Crippen LogP contribution in [0.4, 0.5) is 0 Å². The zero-order valence-corrected chi connectivity index (χ0v) is 17.9. The van der Waals surface area contributed by atoms with Gasteiger partial charge in [-0.05, 0) is 47.1 Å². The molecule has 1 aliphatic rings. The monoisotopic (exact) mass is 389 g/mol. The van der Waals surface area contributed by atoms with E-state index in [2.05, 4.69) is 26.8 Å². The van der Waals surface area contributed by atoms with E-state index < -0.39 is 5.41 Å². The first-order valence-corrected chi connectivity index (χ1v) is 10.4. The molecule has 0 aliphatic heterocycles. The van der Waals surface area contributed by atoms with E-state index in [4.69, 9.17) is 4.74 Å². The molecule has 3 rings (SSSR count). The van der Waals surface area contributed by atoms with Crippen molar-refractivity contribution in [2.24, 2.45) is 16.7 Å². The minimum Gasteiger partial charge on any atom is -0.468 e. The molecule has 2 aromatic carbocycles. The van der Waals surface area contributed by atoms with Gasteiger partial charge in [0.05, 0.1) is 13.2 Å². The number of nitrogens with zero attached hydrogens (tertiary/aromatic N) is 1. The summed E-state index contributed by atoms with van der Waals surface area (Å²) in [6.07, 6.45) is 3.21.